The molecular formula is C14H27N3. The topological polar surface area (TPSA) is 39.1 Å². The molecule has 1 unspecified atom stereocenters. The Labute approximate surface area is 106 Å². The molecule has 1 fully saturated rings. The molecule has 0 aromatic carbocycles. The maximum atomic E-state index is 9.04. The number of hydrogen-bond donors (Lipinski definition) is 1. The van der Waals surface area contributed by atoms with Crippen molar-refractivity contribution in [2.45, 2.75) is 58.0 Å². The summed E-state index contributed by atoms with van der Waals surface area (Å²) in [6.45, 7) is 6.41. The molecule has 1 saturated carbocycles. The summed E-state index contributed by atoms with van der Waals surface area (Å²) >= 11 is 0. The smallest absolute Gasteiger partial charge is 0.0967 e. The number of nitriles is 1. The minimum absolute atomic E-state index is 0.000952. The van der Waals surface area contributed by atoms with Crippen molar-refractivity contribution in [2.75, 3.05) is 20.1 Å². The van der Waals surface area contributed by atoms with Crippen molar-refractivity contribution in [3.8, 4) is 6.07 Å². The second-order valence-electron chi connectivity index (χ2n) is 5.70. The third-order valence-corrected chi connectivity index (χ3v) is 3.53. The molecule has 98 valence electrons. The summed E-state index contributed by atoms with van der Waals surface area (Å²) in [4.78, 5) is 2.39. The van der Waals surface area contributed by atoms with Gasteiger partial charge < -0.3 is 4.90 Å². The highest BCUT2D eigenvalue weighted by molar-refractivity contribution is 4.91. The lowest BCUT2D eigenvalue weighted by Crippen LogP contribution is -2.37. The van der Waals surface area contributed by atoms with E-state index in [0.717, 1.165) is 18.9 Å². The van der Waals surface area contributed by atoms with Crippen molar-refractivity contribution in [3.05, 3.63) is 0 Å². The van der Waals surface area contributed by atoms with Crippen LogP contribution < -0.4 is 5.32 Å². The number of nitrogens with one attached hydrogen (secondary N) is 1. The Morgan fingerprint density at radius 3 is 2.53 bits per heavy atom. The average Bonchev–Trinajstić information content (AvgIpc) is 2.76. The van der Waals surface area contributed by atoms with Gasteiger partial charge in [-0.1, -0.05) is 12.8 Å². The molecule has 0 radical (unpaired) electrons. The minimum Gasteiger partial charge on any atom is -0.306 e. The molecule has 0 saturated heterocycles. The van der Waals surface area contributed by atoms with Gasteiger partial charge in [0.15, 0.2) is 0 Å². The van der Waals surface area contributed by atoms with E-state index in [-0.39, 0.29) is 6.04 Å². The monoisotopic (exact) mass is 237 g/mol. The van der Waals surface area contributed by atoms with Crippen LogP contribution in [0.3, 0.4) is 0 Å². The van der Waals surface area contributed by atoms with E-state index in [0.29, 0.717) is 6.04 Å². The van der Waals surface area contributed by atoms with Crippen molar-refractivity contribution < 1.29 is 0 Å². The maximum absolute atomic E-state index is 9.04. The summed E-state index contributed by atoms with van der Waals surface area (Å²) < 4.78 is 0. The fraction of sp³-hybridized carbons (Fsp3) is 0.929. The standard InChI is InChI=1S/C14H27N3/c1-12(2)16-14(10-15)8-9-17(3)11-13-6-4-5-7-13/h12-14,16H,4-9,11H2,1-3H3. The number of rotatable bonds is 7. The lowest BCUT2D eigenvalue weighted by molar-refractivity contribution is 0.267. The summed E-state index contributed by atoms with van der Waals surface area (Å²) in [7, 11) is 2.18. The first-order valence-electron chi connectivity index (χ1n) is 6.96. The molecule has 0 heterocycles. The molecule has 1 rings (SSSR count). The fourth-order valence-corrected chi connectivity index (χ4v) is 2.66. The normalized spacial score (nSPS) is 18.8. The van der Waals surface area contributed by atoms with Crippen molar-refractivity contribution in [2.24, 2.45) is 5.92 Å². The second-order valence-corrected chi connectivity index (χ2v) is 5.70. The Morgan fingerprint density at radius 2 is 2.00 bits per heavy atom. The Kier molecular flexibility index (Phi) is 6.54. The fourth-order valence-electron chi connectivity index (χ4n) is 2.66. The zero-order valence-corrected chi connectivity index (χ0v) is 11.6. The van der Waals surface area contributed by atoms with Gasteiger partial charge in [-0.05, 0) is 46.1 Å². The van der Waals surface area contributed by atoms with Gasteiger partial charge in [-0.15, -0.1) is 0 Å². The summed E-state index contributed by atoms with van der Waals surface area (Å²) in [5.74, 6) is 0.901. The quantitative estimate of drug-likeness (QED) is 0.739. The minimum atomic E-state index is 0.000952. The molecule has 3 heteroatoms. The van der Waals surface area contributed by atoms with Crippen LogP contribution in [0.1, 0.15) is 46.0 Å². The molecule has 3 nitrogen and oxygen atoms in total. The third-order valence-electron chi connectivity index (χ3n) is 3.53. The van der Waals surface area contributed by atoms with Gasteiger partial charge in [-0.3, -0.25) is 5.32 Å². The Bertz CT molecular complexity index is 238. The van der Waals surface area contributed by atoms with E-state index >= 15 is 0 Å². The summed E-state index contributed by atoms with van der Waals surface area (Å²) in [6, 6.07) is 2.73. The van der Waals surface area contributed by atoms with Crippen LogP contribution in [-0.2, 0) is 0 Å². The van der Waals surface area contributed by atoms with Crippen LogP contribution in [0, 0.1) is 17.2 Å². The van der Waals surface area contributed by atoms with Crippen LogP contribution in [0.25, 0.3) is 0 Å². The molecule has 17 heavy (non-hydrogen) atoms. The van der Waals surface area contributed by atoms with Crippen LogP contribution in [0.5, 0.6) is 0 Å². The molecule has 0 amide bonds. The predicted octanol–water partition coefficient (Wildman–Crippen LogP) is 2.39. The first-order valence-corrected chi connectivity index (χ1v) is 6.96. The first-order chi connectivity index (χ1) is 8.11. The van der Waals surface area contributed by atoms with Crippen LogP contribution in [0.15, 0.2) is 0 Å². The van der Waals surface area contributed by atoms with Crippen LogP contribution in [-0.4, -0.2) is 37.1 Å². The summed E-state index contributed by atoms with van der Waals surface area (Å²) in [5, 5.41) is 12.3. The second kappa shape index (κ2) is 7.68. The van der Waals surface area contributed by atoms with Crippen molar-refractivity contribution in [3.63, 3.8) is 0 Å². The van der Waals surface area contributed by atoms with Crippen LogP contribution in [0.2, 0.25) is 0 Å². The Hall–Kier alpha value is -0.590. The van der Waals surface area contributed by atoms with Gasteiger partial charge in [-0.2, -0.15) is 5.26 Å². The summed E-state index contributed by atoms with van der Waals surface area (Å²) in [5.41, 5.74) is 0. The Balaban J connectivity index is 2.17. The average molecular weight is 237 g/mol. The molecule has 1 N–H and O–H groups in total. The van der Waals surface area contributed by atoms with Gasteiger partial charge in [0.05, 0.1) is 12.1 Å². The van der Waals surface area contributed by atoms with Crippen LogP contribution in [0.4, 0.5) is 0 Å². The van der Waals surface area contributed by atoms with Gasteiger partial charge >= 0.3 is 0 Å². The van der Waals surface area contributed by atoms with Crippen molar-refractivity contribution in [1.82, 2.24) is 10.2 Å². The molecule has 1 aliphatic rings. The molecule has 0 aliphatic heterocycles. The van der Waals surface area contributed by atoms with Crippen molar-refractivity contribution >= 4 is 0 Å². The van der Waals surface area contributed by atoms with Gasteiger partial charge in [0, 0.05) is 19.1 Å². The Morgan fingerprint density at radius 1 is 1.35 bits per heavy atom. The van der Waals surface area contributed by atoms with E-state index < -0.39 is 0 Å². The largest absolute Gasteiger partial charge is 0.306 e. The predicted molar refractivity (Wildman–Crippen MR) is 71.7 cm³/mol. The molecule has 1 aliphatic carbocycles. The van der Waals surface area contributed by atoms with E-state index in [1.807, 2.05) is 0 Å². The van der Waals surface area contributed by atoms with Gasteiger partial charge in [-0.25, -0.2) is 0 Å². The number of hydrogen-bond acceptors (Lipinski definition) is 3. The molecule has 0 bridgehead atoms. The van der Waals surface area contributed by atoms with Gasteiger partial charge in [0.1, 0.15) is 0 Å². The molecule has 0 spiro atoms. The van der Waals surface area contributed by atoms with Gasteiger partial charge in [0.25, 0.3) is 0 Å². The maximum Gasteiger partial charge on any atom is 0.0967 e. The zero-order chi connectivity index (χ0) is 12.7. The molecule has 0 aromatic heterocycles. The lowest BCUT2D eigenvalue weighted by atomic mass is 10.1. The van der Waals surface area contributed by atoms with E-state index in [1.54, 1.807) is 0 Å². The lowest BCUT2D eigenvalue weighted by Gasteiger charge is -2.22. The van der Waals surface area contributed by atoms with Crippen LogP contribution >= 0.6 is 0 Å². The molecular weight excluding hydrogens is 210 g/mol. The third kappa shape index (κ3) is 6.05. The SMILES string of the molecule is CC(C)NC(C#N)CCN(C)CC1CCCC1. The summed E-state index contributed by atoms with van der Waals surface area (Å²) in [6.07, 6.45) is 6.55. The molecule has 0 aromatic rings. The van der Waals surface area contributed by atoms with E-state index in [9.17, 15) is 0 Å². The first kappa shape index (κ1) is 14.5. The zero-order valence-electron chi connectivity index (χ0n) is 11.6. The van der Waals surface area contributed by atoms with E-state index in [2.05, 4.69) is 37.2 Å². The van der Waals surface area contributed by atoms with E-state index in [4.69, 9.17) is 5.26 Å². The highest BCUT2D eigenvalue weighted by Crippen LogP contribution is 2.25. The van der Waals surface area contributed by atoms with Crippen molar-refractivity contribution in [1.29, 1.82) is 5.26 Å². The number of nitrogens with zero attached hydrogens (tertiary/aromatic N) is 2. The molecule has 1 atom stereocenters. The highest BCUT2D eigenvalue weighted by Gasteiger charge is 2.17. The van der Waals surface area contributed by atoms with E-state index in [1.165, 1.54) is 32.2 Å². The van der Waals surface area contributed by atoms with Gasteiger partial charge in [0.2, 0.25) is 0 Å². The highest BCUT2D eigenvalue weighted by atomic mass is 15.1.